The van der Waals surface area contributed by atoms with Crippen molar-refractivity contribution in [3.05, 3.63) is 45.7 Å². The Labute approximate surface area is 126 Å². The first kappa shape index (κ1) is 14.6. The topological polar surface area (TPSA) is 83.8 Å². The summed E-state index contributed by atoms with van der Waals surface area (Å²) in [5, 5.41) is 9.63. The molecule has 0 radical (unpaired) electrons. The van der Waals surface area contributed by atoms with E-state index in [0.717, 1.165) is 15.7 Å². The summed E-state index contributed by atoms with van der Waals surface area (Å²) in [6.07, 6.45) is 0. The number of anilines is 1. The van der Waals surface area contributed by atoms with Gasteiger partial charge in [-0.3, -0.25) is 9.89 Å². The largest absolute Gasteiger partial charge is 0.395 e. The lowest BCUT2D eigenvalue weighted by Gasteiger charge is -2.06. The van der Waals surface area contributed by atoms with Gasteiger partial charge >= 0.3 is 0 Å². The summed E-state index contributed by atoms with van der Waals surface area (Å²) in [4.78, 5) is 12.1. The zero-order valence-corrected chi connectivity index (χ0v) is 13.0. The molecule has 2 rings (SSSR count). The van der Waals surface area contributed by atoms with Gasteiger partial charge in [0.15, 0.2) is 5.69 Å². The molecule has 0 spiro atoms. The molecule has 0 fully saturated rings. The standard InChI is InChI=1S/C14H17BrN4O/c1-8(2)12-11(16)13(19-18-12)14(20)17-7-9-5-3-4-6-10(9)15/h3-6,8H,7,16H2,1-2H3,(H,17,20)(H,18,19). The summed E-state index contributed by atoms with van der Waals surface area (Å²) in [6.45, 7) is 4.41. The van der Waals surface area contributed by atoms with E-state index >= 15 is 0 Å². The number of nitrogens with one attached hydrogen (secondary N) is 2. The number of amides is 1. The van der Waals surface area contributed by atoms with Crippen LogP contribution in [-0.4, -0.2) is 16.1 Å². The molecule has 0 aliphatic rings. The Morgan fingerprint density at radius 3 is 2.75 bits per heavy atom. The predicted octanol–water partition coefficient (Wildman–Crippen LogP) is 2.81. The highest BCUT2D eigenvalue weighted by molar-refractivity contribution is 9.10. The summed E-state index contributed by atoms with van der Waals surface area (Å²) in [5.74, 6) is -0.0753. The van der Waals surface area contributed by atoms with Crippen LogP contribution in [0.3, 0.4) is 0 Å². The van der Waals surface area contributed by atoms with Crippen LogP contribution < -0.4 is 11.1 Å². The molecular weight excluding hydrogens is 320 g/mol. The number of nitrogens with zero attached hydrogens (tertiary/aromatic N) is 1. The van der Waals surface area contributed by atoms with Gasteiger partial charge in [-0.1, -0.05) is 48.0 Å². The zero-order chi connectivity index (χ0) is 14.7. The molecule has 2 aromatic rings. The van der Waals surface area contributed by atoms with Crippen molar-refractivity contribution in [2.45, 2.75) is 26.3 Å². The third-order valence-electron chi connectivity index (χ3n) is 3.02. The van der Waals surface area contributed by atoms with E-state index in [1.807, 2.05) is 38.1 Å². The predicted molar refractivity (Wildman–Crippen MR) is 82.4 cm³/mol. The maximum absolute atomic E-state index is 12.1. The van der Waals surface area contributed by atoms with Gasteiger partial charge in [0.1, 0.15) is 0 Å². The molecule has 0 saturated carbocycles. The van der Waals surface area contributed by atoms with E-state index in [2.05, 4.69) is 31.4 Å². The summed E-state index contributed by atoms with van der Waals surface area (Å²) in [5.41, 5.74) is 8.40. The second kappa shape index (κ2) is 6.09. The maximum Gasteiger partial charge on any atom is 0.274 e. The van der Waals surface area contributed by atoms with E-state index in [0.29, 0.717) is 12.2 Å². The van der Waals surface area contributed by atoms with Crippen molar-refractivity contribution >= 4 is 27.5 Å². The van der Waals surface area contributed by atoms with E-state index in [9.17, 15) is 4.79 Å². The highest BCUT2D eigenvalue weighted by Gasteiger charge is 2.18. The van der Waals surface area contributed by atoms with E-state index in [4.69, 9.17) is 5.73 Å². The van der Waals surface area contributed by atoms with Gasteiger partial charge < -0.3 is 11.1 Å². The molecule has 0 saturated heterocycles. The van der Waals surface area contributed by atoms with Gasteiger partial charge in [-0.05, 0) is 17.5 Å². The van der Waals surface area contributed by atoms with Gasteiger partial charge in [-0.25, -0.2) is 0 Å². The molecular formula is C14H17BrN4O. The minimum Gasteiger partial charge on any atom is -0.395 e. The first-order chi connectivity index (χ1) is 9.50. The van der Waals surface area contributed by atoms with E-state index in [-0.39, 0.29) is 17.5 Å². The summed E-state index contributed by atoms with van der Waals surface area (Å²) >= 11 is 3.44. The molecule has 0 aliphatic heterocycles. The highest BCUT2D eigenvalue weighted by atomic mass is 79.9. The minimum absolute atomic E-state index is 0.201. The van der Waals surface area contributed by atoms with Crippen LogP contribution in [-0.2, 0) is 6.54 Å². The van der Waals surface area contributed by atoms with Crippen LogP contribution in [0.25, 0.3) is 0 Å². The molecule has 0 atom stereocenters. The number of nitrogen functional groups attached to an aromatic ring is 1. The lowest BCUT2D eigenvalue weighted by molar-refractivity contribution is 0.0946. The molecule has 5 nitrogen and oxygen atoms in total. The quantitative estimate of drug-likeness (QED) is 0.802. The average Bonchev–Trinajstić information content (AvgIpc) is 2.79. The Kier molecular flexibility index (Phi) is 4.44. The summed E-state index contributed by atoms with van der Waals surface area (Å²) in [7, 11) is 0. The SMILES string of the molecule is CC(C)c1[nH]nc(C(=O)NCc2ccccc2Br)c1N. The fourth-order valence-corrected chi connectivity index (χ4v) is 2.30. The number of aromatic amines is 1. The molecule has 0 bridgehead atoms. The number of carbonyl (C=O) groups is 1. The van der Waals surface area contributed by atoms with Gasteiger partial charge in [0.25, 0.3) is 5.91 Å². The third kappa shape index (κ3) is 3.01. The number of nitrogens with two attached hydrogens (primary N) is 1. The first-order valence-corrected chi connectivity index (χ1v) is 7.15. The average molecular weight is 337 g/mol. The molecule has 20 heavy (non-hydrogen) atoms. The molecule has 1 aromatic carbocycles. The second-order valence-corrected chi connectivity index (χ2v) is 5.68. The molecule has 0 unspecified atom stereocenters. The third-order valence-corrected chi connectivity index (χ3v) is 3.80. The maximum atomic E-state index is 12.1. The number of hydrogen-bond acceptors (Lipinski definition) is 3. The Bertz CT molecular complexity index is 621. The van der Waals surface area contributed by atoms with Crippen LogP contribution >= 0.6 is 15.9 Å². The number of carbonyl (C=O) groups excluding carboxylic acids is 1. The molecule has 4 N–H and O–H groups in total. The lowest BCUT2D eigenvalue weighted by atomic mass is 10.1. The fourth-order valence-electron chi connectivity index (χ4n) is 1.88. The van der Waals surface area contributed by atoms with Gasteiger partial charge in [0.2, 0.25) is 0 Å². The van der Waals surface area contributed by atoms with E-state index < -0.39 is 0 Å². The second-order valence-electron chi connectivity index (χ2n) is 4.83. The summed E-state index contributed by atoms with van der Waals surface area (Å²) < 4.78 is 0.957. The van der Waals surface area contributed by atoms with Crippen molar-refractivity contribution in [1.82, 2.24) is 15.5 Å². The Morgan fingerprint density at radius 2 is 2.15 bits per heavy atom. The fraction of sp³-hybridized carbons (Fsp3) is 0.286. The van der Waals surface area contributed by atoms with Crippen LogP contribution in [0.4, 0.5) is 5.69 Å². The van der Waals surface area contributed by atoms with E-state index in [1.54, 1.807) is 0 Å². The van der Waals surface area contributed by atoms with Gasteiger partial charge in [0, 0.05) is 11.0 Å². The van der Waals surface area contributed by atoms with Crippen molar-refractivity contribution in [2.24, 2.45) is 0 Å². The monoisotopic (exact) mass is 336 g/mol. The number of halogens is 1. The van der Waals surface area contributed by atoms with Crippen molar-refractivity contribution in [3.63, 3.8) is 0 Å². The van der Waals surface area contributed by atoms with Crippen LogP contribution in [0.15, 0.2) is 28.7 Å². The molecule has 1 aromatic heterocycles. The van der Waals surface area contributed by atoms with Crippen molar-refractivity contribution in [3.8, 4) is 0 Å². The Hall–Kier alpha value is -1.82. The zero-order valence-electron chi connectivity index (χ0n) is 11.4. The van der Waals surface area contributed by atoms with Crippen LogP contribution in [0.5, 0.6) is 0 Å². The van der Waals surface area contributed by atoms with Crippen LogP contribution in [0, 0.1) is 0 Å². The first-order valence-electron chi connectivity index (χ1n) is 6.36. The number of aromatic nitrogens is 2. The number of hydrogen-bond donors (Lipinski definition) is 3. The summed E-state index contributed by atoms with van der Waals surface area (Å²) in [6, 6.07) is 7.72. The van der Waals surface area contributed by atoms with Gasteiger partial charge in [-0.2, -0.15) is 5.10 Å². The van der Waals surface area contributed by atoms with E-state index in [1.165, 1.54) is 0 Å². The van der Waals surface area contributed by atoms with Crippen LogP contribution in [0.2, 0.25) is 0 Å². The number of benzene rings is 1. The van der Waals surface area contributed by atoms with Crippen molar-refractivity contribution in [1.29, 1.82) is 0 Å². The molecule has 1 heterocycles. The molecule has 0 aliphatic carbocycles. The van der Waals surface area contributed by atoms with Crippen molar-refractivity contribution < 1.29 is 4.79 Å². The van der Waals surface area contributed by atoms with Gasteiger partial charge in [0.05, 0.1) is 11.4 Å². The lowest BCUT2D eigenvalue weighted by Crippen LogP contribution is -2.24. The Balaban J connectivity index is 2.08. The minimum atomic E-state index is -0.276. The van der Waals surface area contributed by atoms with Gasteiger partial charge in [-0.15, -0.1) is 0 Å². The highest BCUT2D eigenvalue weighted by Crippen LogP contribution is 2.22. The smallest absolute Gasteiger partial charge is 0.274 e. The molecule has 6 heteroatoms. The number of rotatable bonds is 4. The molecule has 1 amide bonds. The van der Waals surface area contributed by atoms with Crippen molar-refractivity contribution in [2.75, 3.05) is 5.73 Å². The Morgan fingerprint density at radius 1 is 1.45 bits per heavy atom. The normalized spacial score (nSPS) is 10.8. The molecule has 106 valence electrons. The number of H-pyrrole nitrogens is 1. The van der Waals surface area contributed by atoms with Crippen LogP contribution in [0.1, 0.15) is 41.5 Å².